The summed E-state index contributed by atoms with van der Waals surface area (Å²) in [7, 11) is -6.70. The fourth-order valence-corrected chi connectivity index (χ4v) is 4.87. The van der Waals surface area contributed by atoms with E-state index in [4.69, 9.17) is 5.11 Å². The highest BCUT2D eigenvalue weighted by atomic mass is 32.2. The molecule has 9 heteroatoms. The highest BCUT2D eigenvalue weighted by Gasteiger charge is 2.32. The van der Waals surface area contributed by atoms with E-state index in [0.717, 1.165) is 0 Å². The van der Waals surface area contributed by atoms with E-state index in [1.807, 2.05) is 0 Å². The van der Waals surface area contributed by atoms with E-state index >= 15 is 0 Å². The Kier molecular flexibility index (Phi) is 4.50. The average molecular weight is 285 g/mol. The molecule has 17 heavy (non-hydrogen) atoms. The molecule has 0 spiro atoms. The molecular weight excluding hydrogens is 270 g/mol. The lowest BCUT2D eigenvalue weighted by Crippen LogP contribution is -2.40. The fraction of sp³-hybridized carbons (Fsp3) is 0.875. The molecule has 0 radical (unpaired) electrons. The molecule has 0 amide bonds. The minimum Gasteiger partial charge on any atom is -0.481 e. The van der Waals surface area contributed by atoms with Crippen LogP contribution < -0.4 is 4.72 Å². The zero-order chi connectivity index (χ0) is 13.1. The van der Waals surface area contributed by atoms with Crippen LogP contribution in [0.2, 0.25) is 0 Å². The Hall–Kier alpha value is -0.670. The van der Waals surface area contributed by atoms with Crippen molar-refractivity contribution in [2.75, 3.05) is 18.1 Å². The predicted octanol–water partition coefficient (Wildman–Crippen LogP) is -1.04. The molecule has 7 nitrogen and oxygen atoms in total. The highest BCUT2D eigenvalue weighted by molar-refractivity contribution is 7.92. The summed E-state index contributed by atoms with van der Waals surface area (Å²) in [5.41, 5.74) is 0. The van der Waals surface area contributed by atoms with E-state index in [9.17, 15) is 21.6 Å². The number of hydrogen-bond acceptors (Lipinski definition) is 5. The second-order valence-electron chi connectivity index (χ2n) is 3.93. The molecule has 100 valence electrons. The number of sulfonamides is 1. The van der Waals surface area contributed by atoms with Crippen LogP contribution in [-0.2, 0) is 24.7 Å². The predicted molar refractivity (Wildman–Crippen MR) is 60.9 cm³/mol. The van der Waals surface area contributed by atoms with Gasteiger partial charge in [-0.3, -0.25) is 4.79 Å². The normalized spacial score (nSPS) is 21.2. The molecule has 0 unspecified atom stereocenters. The molecule has 0 aromatic carbocycles. The standard InChI is InChI=1S/C8H15NO6S2/c10-8(11)1-4-9-17(14,15)7-2-5-16(12,13)6-3-7/h7,9H,1-6H2,(H,10,11). The molecule has 1 saturated heterocycles. The van der Waals surface area contributed by atoms with Gasteiger partial charge in [-0.05, 0) is 12.8 Å². The van der Waals surface area contributed by atoms with Crippen molar-refractivity contribution < 1.29 is 26.7 Å². The third-order valence-electron chi connectivity index (χ3n) is 2.58. The van der Waals surface area contributed by atoms with Crippen molar-refractivity contribution in [3.63, 3.8) is 0 Å². The summed E-state index contributed by atoms with van der Waals surface area (Å²) in [4.78, 5) is 10.2. The van der Waals surface area contributed by atoms with Crippen LogP contribution in [0.5, 0.6) is 0 Å². The number of carbonyl (C=O) groups is 1. The van der Waals surface area contributed by atoms with Gasteiger partial charge in [0, 0.05) is 6.54 Å². The van der Waals surface area contributed by atoms with Crippen molar-refractivity contribution in [3.8, 4) is 0 Å². The molecule has 0 atom stereocenters. The first-order valence-electron chi connectivity index (χ1n) is 5.14. The van der Waals surface area contributed by atoms with Crippen molar-refractivity contribution in [1.29, 1.82) is 0 Å². The molecule has 1 aliphatic rings. The second kappa shape index (κ2) is 5.32. The molecule has 0 aliphatic carbocycles. The van der Waals surface area contributed by atoms with Crippen LogP contribution in [0.1, 0.15) is 19.3 Å². The number of carboxylic acid groups (broad SMARTS) is 1. The fourth-order valence-electron chi connectivity index (χ4n) is 1.60. The smallest absolute Gasteiger partial charge is 0.304 e. The first-order chi connectivity index (χ1) is 7.73. The molecule has 0 aromatic rings. The summed E-state index contributed by atoms with van der Waals surface area (Å²) in [6.45, 7) is -0.166. The van der Waals surface area contributed by atoms with E-state index in [2.05, 4.69) is 4.72 Å². The molecule has 2 N–H and O–H groups in total. The lowest BCUT2D eigenvalue weighted by atomic mass is 10.2. The van der Waals surface area contributed by atoms with E-state index in [0.29, 0.717) is 0 Å². The van der Waals surface area contributed by atoms with E-state index in [-0.39, 0.29) is 37.3 Å². The van der Waals surface area contributed by atoms with E-state index in [1.165, 1.54) is 0 Å². The van der Waals surface area contributed by atoms with Gasteiger partial charge >= 0.3 is 5.97 Å². The number of hydrogen-bond donors (Lipinski definition) is 2. The summed E-state index contributed by atoms with van der Waals surface area (Å²) >= 11 is 0. The number of rotatable bonds is 5. The minimum absolute atomic E-state index is 0.0741. The van der Waals surface area contributed by atoms with E-state index < -0.39 is 31.1 Å². The van der Waals surface area contributed by atoms with Crippen LogP contribution in [0.25, 0.3) is 0 Å². The Morgan fingerprint density at radius 3 is 2.29 bits per heavy atom. The van der Waals surface area contributed by atoms with Crippen LogP contribution in [0, 0.1) is 0 Å². The topological polar surface area (TPSA) is 118 Å². The van der Waals surface area contributed by atoms with Gasteiger partial charge in [0.15, 0.2) is 0 Å². The van der Waals surface area contributed by atoms with Gasteiger partial charge in [-0.25, -0.2) is 21.6 Å². The van der Waals surface area contributed by atoms with Gasteiger partial charge in [0.1, 0.15) is 9.84 Å². The van der Waals surface area contributed by atoms with Gasteiger partial charge in [0.25, 0.3) is 0 Å². The molecule has 1 fully saturated rings. The first kappa shape index (κ1) is 14.4. The number of carboxylic acids is 1. The molecule has 1 aliphatic heterocycles. The molecule has 0 aromatic heterocycles. The Bertz CT molecular complexity index is 466. The Morgan fingerprint density at radius 2 is 1.82 bits per heavy atom. The summed E-state index contributed by atoms with van der Waals surface area (Å²) in [6, 6.07) is 0. The zero-order valence-electron chi connectivity index (χ0n) is 9.12. The van der Waals surface area contributed by atoms with Crippen LogP contribution in [0.3, 0.4) is 0 Å². The summed E-state index contributed by atoms with van der Waals surface area (Å²) < 4.78 is 47.8. The van der Waals surface area contributed by atoms with Crippen molar-refractivity contribution in [2.24, 2.45) is 0 Å². The summed E-state index contributed by atoms with van der Waals surface area (Å²) in [6.07, 6.45) is -0.139. The number of nitrogens with one attached hydrogen (secondary N) is 1. The molecule has 0 saturated carbocycles. The van der Waals surface area contributed by atoms with Crippen molar-refractivity contribution >= 4 is 25.8 Å². The largest absolute Gasteiger partial charge is 0.481 e. The van der Waals surface area contributed by atoms with Gasteiger partial charge in [0.2, 0.25) is 10.0 Å². The van der Waals surface area contributed by atoms with Crippen LogP contribution in [-0.4, -0.2) is 51.2 Å². The van der Waals surface area contributed by atoms with Gasteiger partial charge in [-0.15, -0.1) is 0 Å². The third kappa shape index (κ3) is 4.60. The maximum Gasteiger partial charge on any atom is 0.304 e. The number of sulfone groups is 1. The van der Waals surface area contributed by atoms with Crippen LogP contribution >= 0.6 is 0 Å². The first-order valence-corrected chi connectivity index (χ1v) is 8.50. The van der Waals surface area contributed by atoms with Crippen LogP contribution in [0.15, 0.2) is 0 Å². The maximum atomic E-state index is 11.7. The van der Waals surface area contributed by atoms with Crippen molar-refractivity contribution in [2.45, 2.75) is 24.5 Å². The molecule has 0 bridgehead atoms. The Balaban J connectivity index is 2.52. The van der Waals surface area contributed by atoms with Gasteiger partial charge < -0.3 is 5.11 Å². The quantitative estimate of drug-likeness (QED) is 0.666. The zero-order valence-corrected chi connectivity index (χ0v) is 10.8. The van der Waals surface area contributed by atoms with Gasteiger partial charge in [0.05, 0.1) is 23.2 Å². The lowest BCUT2D eigenvalue weighted by molar-refractivity contribution is -0.136. The minimum atomic E-state index is -3.61. The maximum absolute atomic E-state index is 11.7. The summed E-state index contributed by atoms with van der Waals surface area (Å²) in [5.74, 6) is -1.34. The Labute approximate surface area is 100 Å². The van der Waals surface area contributed by atoms with Crippen LogP contribution in [0.4, 0.5) is 0 Å². The van der Waals surface area contributed by atoms with Crippen molar-refractivity contribution in [3.05, 3.63) is 0 Å². The molecule has 1 heterocycles. The highest BCUT2D eigenvalue weighted by Crippen LogP contribution is 2.18. The molecule has 1 rings (SSSR count). The molecular formula is C8H15NO6S2. The lowest BCUT2D eigenvalue weighted by Gasteiger charge is -2.22. The van der Waals surface area contributed by atoms with E-state index in [1.54, 1.807) is 0 Å². The number of aliphatic carboxylic acids is 1. The van der Waals surface area contributed by atoms with Crippen molar-refractivity contribution in [1.82, 2.24) is 4.72 Å². The third-order valence-corrected chi connectivity index (χ3v) is 6.25. The Morgan fingerprint density at radius 1 is 1.29 bits per heavy atom. The average Bonchev–Trinajstić information content (AvgIpc) is 2.15. The monoisotopic (exact) mass is 285 g/mol. The van der Waals surface area contributed by atoms with Gasteiger partial charge in [-0.1, -0.05) is 0 Å². The van der Waals surface area contributed by atoms with Gasteiger partial charge in [-0.2, -0.15) is 0 Å². The second-order valence-corrected chi connectivity index (χ2v) is 8.28. The summed E-state index contributed by atoms with van der Waals surface area (Å²) in [5, 5.41) is 7.64. The SMILES string of the molecule is O=C(O)CCNS(=O)(=O)C1CCS(=O)(=O)CC1.